The van der Waals surface area contributed by atoms with E-state index in [-0.39, 0.29) is 24.0 Å². The molecule has 2 heterocycles. The maximum Gasteiger partial charge on any atom is 0.337 e. The Kier molecular flexibility index (Phi) is 6.10. The predicted octanol–water partition coefficient (Wildman–Crippen LogP) is 3.25. The number of benzene rings is 1. The van der Waals surface area contributed by atoms with E-state index in [1.165, 1.54) is 13.5 Å². The van der Waals surface area contributed by atoms with Gasteiger partial charge < -0.3 is 25.0 Å². The van der Waals surface area contributed by atoms with Crippen LogP contribution in [-0.2, 0) is 4.74 Å². The summed E-state index contributed by atoms with van der Waals surface area (Å²) in [6.07, 6.45) is 5.10. The topological polar surface area (TPSA) is 95.0 Å². The summed E-state index contributed by atoms with van der Waals surface area (Å²) in [5, 5.41) is 14.5. The molecule has 1 saturated heterocycles. The average Bonchev–Trinajstić information content (AvgIpc) is 2.89. The Morgan fingerprint density at radius 3 is 2.43 bits per heavy atom. The van der Waals surface area contributed by atoms with Crippen LogP contribution in [0.25, 0.3) is 0 Å². The number of aromatic nitrogens is 1. The second-order valence-electron chi connectivity index (χ2n) is 11.6. The molecule has 4 aliphatic carbocycles. The lowest BCUT2D eigenvalue weighted by Crippen LogP contribution is -2.66. The fourth-order valence-corrected chi connectivity index (χ4v) is 7.63. The molecule has 37 heavy (non-hydrogen) atoms. The van der Waals surface area contributed by atoms with Crippen molar-refractivity contribution >= 4 is 23.4 Å². The average molecular weight is 505 g/mol. The lowest BCUT2D eigenvalue weighted by molar-refractivity contribution is -0.146. The number of aliphatic hydroxyl groups is 1. The number of methoxy groups -OCH3 is 1. The molecule has 4 saturated carbocycles. The van der Waals surface area contributed by atoms with Crippen LogP contribution in [0.2, 0.25) is 0 Å². The fourth-order valence-electron chi connectivity index (χ4n) is 7.63. The van der Waals surface area contributed by atoms with E-state index in [9.17, 15) is 14.7 Å². The van der Waals surface area contributed by atoms with Gasteiger partial charge in [0.05, 0.1) is 24.3 Å². The Balaban J connectivity index is 1.12. The van der Waals surface area contributed by atoms with E-state index < -0.39 is 5.60 Å². The van der Waals surface area contributed by atoms with Gasteiger partial charge in [0.2, 0.25) is 0 Å². The highest BCUT2D eigenvalue weighted by Crippen LogP contribution is 2.55. The fraction of sp³-hybridized carbons (Fsp3) is 0.552. The highest BCUT2D eigenvalue weighted by atomic mass is 16.5. The molecular formula is C29H36N4O4. The molecule has 2 aromatic rings. The van der Waals surface area contributed by atoms with Crippen LogP contribution >= 0.6 is 0 Å². The number of piperazine rings is 1. The lowest BCUT2D eigenvalue weighted by atomic mass is 9.52. The number of esters is 1. The quantitative estimate of drug-likeness (QED) is 0.604. The van der Waals surface area contributed by atoms with E-state index >= 15 is 0 Å². The summed E-state index contributed by atoms with van der Waals surface area (Å²) in [5.41, 5.74) is 1.25. The van der Waals surface area contributed by atoms with E-state index in [1.807, 2.05) is 24.3 Å². The number of anilines is 2. The second kappa shape index (κ2) is 9.31. The van der Waals surface area contributed by atoms with Gasteiger partial charge in [0.25, 0.3) is 5.91 Å². The molecule has 4 atom stereocenters. The van der Waals surface area contributed by atoms with Crippen molar-refractivity contribution in [2.75, 3.05) is 36.5 Å². The Bertz CT molecular complexity index is 1170. The molecule has 0 unspecified atom stereocenters. The van der Waals surface area contributed by atoms with Gasteiger partial charge in [0.1, 0.15) is 11.5 Å². The van der Waals surface area contributed by atoms with Gasteiger partial charge in [0, 0.05) is 31.4 Å². The monoisotopic (exact) mass is 504 g/mol. The van der Waals surface area contributed by atoms with Crippen molar-refractivity contribution in [3.05, 3.63) is 53.7 Å². The summed E-state index contributed by atoms with van der Waals surface area (Å²) >= 11 is 0. The third-order valence-corrected chi connectivity index (χ3v) is 9.10. The number of carbonyl (C=O) groups excluding carboxylic acids is 2. The van der Waals surface area contributed by atoms with Crippen LogP contribution in [0.15, 0.2) is 42.5 Å². The highest BCUT2D eigenvalue weighted by Gasteiger charge is 2.56. The minimum Gasteiger partial charge on any atom is -0.465 e. The highest BCUT2D eigenvalue weighted by molar-refractivity contribution is 5.93. The first-order chi connectivity index (χ1) is 17.8. The van der Waals surface area contributed by atoms with Crippen molar-refractivity contribution < 1.29 is 19.4 Å². The van der Waals surface area contributed by atoms with Gasteiger partial charge in [-0.25, -0.2) is 9.78 Å². The predicted molar refractivity (Wildman–Crippen MR) is 141 cm³/mol. The summed E-state index contributed by atoms with van der Waals surface area (Å²) in [4.78, 5) is 34.3. The van der Waals surface area contributed by atoms with E-state index in [0.29, 0.717) is 29.0 Å². The number of nitrogens with one attached hydrogen (secondary N) is 1. The standard InChI is InChI=1S/C29H36N4O4/c1-18-17-32(23-8-6-21(7-9-23)28(35)37-2)10-11-33(18)25-5-3-4-24(30-25)27(34)31-26-22-13-19-12-20(14-22)16-29(26,36)15-19/h3-9,18-20,22,26,36H,10-17H2,1-2H3,(H,31,34)/t18-,19-,20-,22?,26-,29?/m1/s1. The molecule has 4 bridgehead atoms. The zero-order valence-corrected chi connectivity index (χ0v) is 21.6. The number of rotatable bonds is 5. The molecule has 5 aliphatic rings. The van der Waals surface area contributed by atoms with Crippen molar-refractivity contribution in [3.63, 3.8) is 0 Å². The van der Waals surface area contributed by atoms with Crippen LogP contribution in [0.5, 0.6) is 0 Å². The number of amides is 1. The maximum absolute atomic E-state index is 13.3. The molecular weight excluding hydrogens is 468 g/mol. The van der Waals surface area contributed by atoms with Gasteiger partial charge in [-0.1, -0.05) is 6.07 Å². The van der Waals surface area contributed by atoms with Gasteiger partial charge in [-0.05, 0) is 93.2 Å². The van der Waals surface area contributed by atoms with Crippen LogP contribution in [0.3, 0.4) is 0 Å². The summed E-state index contributed by atoms with van der Waals surface area (Å²) in [5.74, 6) is 1.87. The van der Waals surface area contributed by atoms with Crippen molar-refractivity contribution in [3.8, 4) is 0 Å². The smallest absolute Gasteiger partial charge is 0.337 e. The SMILES string of the molecule is COC(=O)c1ccc(N2CCN(c3cccc(C(=O)N[C@@H]4C5C[C@H]6C[C@H](C5)CC4(O)C6)n3)[C@H](C)C2)cc1. The molecule has 5 fully saturated rings. The first-order valence-corrected chi connectivity index (χ1v) is 13.5. The number of hydrogen-bond acceptors (Lipinski definition) is 7. The molecule has 2 N–H and O–H groups in total. The second-order valence-corrected chi connectivity index (χ2v) is 11.6. The van der Waals surface area contributed by atoms with Gasteiger partial charge >= 0.3 is 5.97 Å². The number of carbonyl (C=O) groups is 2. The van der Waals surface area contributed by atoms with E-state index in [4.69, 9.17) is 9.72 Å². The molecule has 8 nitrogen and oxygen atoms in total. The minimum atomic E-state index is -0.762. The summed E-state index contributed by atoms with van der Waals surface area (Å²) < 4.78 is 4.79. The van der Waals surface area contributed by atoms with Crippen LogP contribution in [0.4, 0.5) is 11.5 Å². The number of hydrogen-bond donors (Lipinski definition) is 2. The molecule has 8 heteroatoms. The largest absolute Gasteiger partial charge is 0.465 e. The molecule has 1 amide bonds. The molecule has 0 spiro atoms. The Labute approximate surface area is 218 Å². The summed E-state index contributed by atoms with van der Waals surface area (Å²) in [7, 11) is 1.38. The number of nitrogens with zero attached hydrogens (tertiary/aromatic N) is 3. The normalized spacial score (nSPS) is 32.4. The van der Waals surface area contributed by atoms with Crippen LogP contribution in [-0.4, -0.2) is 66.4 Å². The van der Waals surface area contributed by atoms with Crippen molar-refractivity contribution in [1.82, 2.24) is 10.3 Å². The van der Waals surface area contributed by atoms with Crippen LogP contribution in [0, 0.1) is 17.8 Å². The Hall–Kier alpha value is -3.13. The van der Waals surface area contributed by atoms with E-state index in [1.54, 1.807) is 18.2 Å². The first kappa shape index (κ1) is 24.2. The minimum absolute atomic E-state index is 0.175. The van der Waals surface area contributed by atoms with Crippen LogP contribution < -0.4 is 15.1 Å². The zero-order chi connectivity index (χ0) is 25.7. The van der Waals surface area contributed by atoms with E-state index in [2.05, 4.69) is 22.0 Å². The maximum atomic E-state index is 13.3. The lowest BCUT2D eigenvalue weighted by Gasteiger charge is -2.58. The zero-order valence-electron chi connectivity index (χ0n) is 21.6. The molecule has 0 radical (unpaired) electrons. The molecule has 1 aliphatic heterocycles. The Morgan fingerprint density at radius 1 is 1.05 bits per heavy atom. The number of pyridine rings is 1. The van der Waals surface area contributed by atoms with Gasteiger partial charge in [-0.3, -0.25) is 4.79 Å². The summed E-state index contributed by atoms with van der Waals surface area (Å²) in [6.45, 7) is 4.53. The molecule has 196 valence electrons. The third kappa shape index (κ3) is 4.45. The first-order valence-electron chi connectivity index (χ1n) is 13.5. The Morgan fingerprint density at radius 2 is 1.78 bits per heavy atom. The molecule has 1 aromatic carbocycles. The van der Waals surface area contributed by atoms with Gasteiger partial charge in [-0.2, -0.15) is 0 Å². The van der Waals surface area contributed by atoms with Crippen molar-refractivity contribution in [2.24, 2.45) is 17.8 Å². The molecule has 1 aromatic heterocycles. The van der Waals surface area contributed by atoms with Gasteiger partial charge in [0.15, 0.2) is 0 Å². The van der Waals surface area contributed by atoms with Gasteiger partial charge in [-0.15, -0.1) is 0 Å². The number of ether oxygens (including phenoxy) is 1. The summed E-state index contributed by atoms with van der Waals surface area (Å²) in [6, 6.07) is 13.1. The van der Waals surface area contributed by atoms with Crippen molar-refractivity contribution in [1.29, 1.82) is 0 Å². The molecule has 7 rings (SSSR count). The van der Waals surface area contributed by atoms with E-state index in [0.717, 1.165) is 56.8 Å². The van der Waals surface area contributed by atoms with Crippen molar-refractivity contribution in [2.45, 2.75) is 56.7 Å². The third-order valence-electron chi connectivity index (χ3n) is 9.10. The van der Waals surface area contributed by atoms with Crippen LogP contribution in [0.1, 0.15) is 59.9 Å².